The number of fused-ring (bicyclic) bond motifs is 1. The van der Waals surface area contributed by atoms with Crippen LogP contribution in [0.5, 0.6) is 0 Å². The van der Waals surface area contributed by atoms with E-state index < -0.39 is 17.6 Å². The van der Waals surface area contributed by atoms with Gasteiger partial charge in [0.25, 0.3) is 0 Å². The van der Waals surface area contributed by atoms with Gasteiger partial charge in [0.1, 0.15) is 0 Å². The Morgan fingerprint density at radius 2 is 2.00 bits per heavy atom. The molecule has 1 amide bonds. The van der Waals surface area contributed by atoms with Crippen LogP contribution in [0.25, 0.3) is 16.3 Å². The number of benzene rings is 2. The number of carbonyl (C=O) groups is 1. The van der Waals surface area contributed by atoms with Crippen LogP contribution in [0.2, 0.25) is 0 Å². The smallest absolute Gasteiger partial charge is 0.322 e. The molecule has 0 atom stereocenters. The Kier molecular flexibility index (Phi) is 4.59. The van der Waals surface area contributed by atoms with Crippen molar-refractivity contribution < 1.29 is 18.0 Å². The molecule has 128 valence electrons. The molecule has 1 aromatic heterocycles. The number of nitrogens with one attached hydrogen (secondary N) is 1. The van der Waals surface area contributed by atoms with Crippen molar-refractivity contribution >= 4 is 39.2 Å². The number of alkyl halides is 3. The monoisotopic (exact) mass is 362 g/mol. The summed E-state index contributed by atoms with van der Waals surface area (Å²) in [5.41, 5.74) is 1.02. The van der Waals surface area contributed by atoms with E-state index >= 15 is 0 Å². The lowest BCUT2D eigenvalue weighted by Crippen LogP contribution is -2.07. The lowest BCUT2D eigenvalue weighted by atomic mass is 10.1. The first-order valence-electron chi connectivity index (χ1n) is 7.35. The molecule has 0 bridgehead atoms. The third-order valence-electron chi connectivity index (χ3n) is 3.40. The molecule has 2 aromatic carbocycles. The van der Waals surface area contributed by atoms with Crippen LogP contribution in [0.3, 0.4) is 0 Å². The van der Waals surface area contributed by atoms with Crippen molar-refractivity contribution in [3.05, 3.63) is 64.7 Å². The second kappa shape index (κ2) is 6.68. The van der Waals surface area contributed by atoms with Gasteiger partial charge in [-0.3, -0.25) is 4.79 Å². The summed E-state index contributed by atoms with van der Waals surface area (Å²) in [6.45, 7) is 1.90. The highest BCUT2D eigenvalue weighted by atomic mass is 32.1. The Labute approximate surface area is 145 Å². The summed E-state index contributed by atoms with van der Waals surface area (Å²) in [6, 6.07) is 10.2. The van der Waals surface area contributed by atoms with Crippen molar-refractivity contribution in [2.45, 2.75) is 13.1 Å². The lowest BCUT2D eigenvalue weighted by molar-refractivity contribution is -0.137. The molecule has 7 heteroatoms. The Morgan fingerprint density at radius 3 is 2.76 bits per heavy atom. The summed E-state index contributed by atoms with van der Waals surface area (Å²) < 4.78 is 39.0. The highest BCUT2D eigenvalue weighted by Gasteiger charge is 2.30. The van der Waals surface area contributed by atoms with Gasteiger partial charge in [-0.2, -0.15) is 13.2 Å². The first kappa shape index (κ1) is 17.2. The maximum atomic E-state index is 12.7. The second-order valence-electron chi connectivity index (χ2n) is 5.36. The summed E-state index contributed by atoms with van der Waals surface area (Å²) in [5, 5.41) is 3.62. The van der Waals surface area contributed by atoms with E-state index in [-0.39, 0.29) is 0 Å². The topological polar surface area (TPSA) is 42.0 Å². The van der Waals surface area contributed by atoms with Crippen LogP contribution in [-0.2, 0) is 11.0 Å². The molecule has 0 aliphatic rings. The van der Waals surface area contributed by atoms with E-state index in [4.69, 9.17) is 0 Å². The third-order valence-corrected chi connectivity index (χ3v) is 4.34. The van der Waals surface area contributed by atoms with Crippen LogP contribution in [0.4, 0.5) is 18.9 Å². The maximum absolute atomic E-state index is 12.7. The molecular weight excluding hydrogens is 349 g/mol. The zero-order valence-electron chi connectivity index (χ0n) is 13.1. The number of carbonyl (C=O) groups excluding carboxylic acids is 1. The number of halogens is 3. The molecule has 3 rings (SSSR count). The van der Waals surface area contributed by atoms with Crippen molar-refractivity contribution in [1.82, 2.24) is 4.98 Å². The minimum absolute atomic E-state index is 0.304. The van der Waals surface area contributed by atoms with E-state index in [0.717, 1.165) is 27.4 Å². The van der Waals surface area contributed by atoms with Gasteiger partial charge in [0.15, 0.2) is 0 Å². The fourth-order valence-corrected chi connectivity index (χ4v) is 3.16. The van der Waals surface area contributed by atoms with Gasteiger partial charge >= 0.3 is 6.18 Å². The van der Waals surface area contributed by atoms with E-state index in [2.05, 4.69) is 10.3 Å². The van der Waals surface area contributed by atoms with Gasteiger partial charge in [-0.15, -0.1) is 11.3 Å². The molecule has 0 fully saturated rings. The van der Waals surface area contributed by atoms with Gasteiger partial charge in [-0.05, 0) is 48.9 Å². The summed E-state index contributed by atoms with van der Waals surface area (Å²) in [5.74, 6) is -0.419. The molecule has 0 aliphatic carbocycles. The van der Waals surface area contributed by atoms with E-state index in [1.54, 1.807) is 6.07 Å². The molecular formula is C18H13F3N2OS. The molecule has 0 unspecified atom stereocenters. The minimum atomic E-state index is -4.41. The van der Waals surface area contributed by atoms with Crippen LogP contribution in [0.15, 0.2) is 48.5 Å². The highest BCUT2D eigenvalue weighted by molar-refractivity contribution is 7.18. The van der Waals surface area contributed by atoms with E-state index in [1.807, 2.05) is 19.1 Å². The van der Waals surface area contributed by atoms with Crippen LogP contribution < -0.4 is 5.32 Å². The maximum Gasteiger partial charge on any atom is 0.416 e. The van der Waals surface area contributed by atoms with Crippen molar-refractivity contribution in [3.8, 4) is 0 Å². The highest BCUT2D eigenvalue weighted by Crippen LogP contribution is 2.29. The SMILES string of the molecule is Cc1nc2ccc(NC(=O)/C=C/c3cccc(C(F)(F)F)c3)cc2s1. The van der Waals surface area contributed by atoms with Gasteiger partial charge in [-0.25, -0.2) is 4.98 Å². The van der Waals surface area contributed by atoms with Gasteiger partial charge in [-0.1, -0.05) is 12.1 Å². The molecule has 0 aliphatic heterocycles. The van der Waals surface area contributed by atoms with Gasteiger partial charge in [0.2, 0.25) is 5.91 Å². The minimum Gasteiger partial charge on any atom is -0.322 e. The summed E-state index contributed by atoms with van der Waals surface area (Å²) >= 11 is 1.52. The fourth-order valence-electron chi connectivity index (χ4n) is 2.29. The quantitative estimate of drug-likeness (QED) is 0.645. The Hall–Kier alpha value is -2.67. The standard InChI is InChI=1S/C18H13F3N2OS/c1-11-22-15-7-6-14(10-16(15)25-11)23-17(24)8-5-12-3-2-4-13(9-12)18(19,20)21/h2-10H,1H3,(H,23,24)/b8-5+. The molecule has 0 saturated heterocycles. The first-order valence-corrected chi connectivity index (χ1v) is 8.16. The summed E-state index contributed by atoms with van der Waals surface area (Å²) in [7, 11) is 0. The Bertz CT molecular complexity index is 960. The van der Waals surface area contributed by atoms with Crippen LogP contribution in [0, 0.1) is 6.92 Å². The van der Waals surface area contributed by atoms with Crippen molar-refractivity contribution in [3.63, 3.8) is 0 Å². The van der Waals surface area contributed by atoms with E-state index in [9.17, 15) is 18.0 Å². The zero-order valence-corrected chi connectivity index (χ0v) is 13.9. The van der Waals surface area contributed by atoms with E-state index in [0.29, 0.717) is 11.3 Å². The average Bonchev–Trinajstić information content (AvgIpc) is 2.92. The Morgan fingerprint density at radius 1 is 1.20 bits per heavy atom. The lowest BCUT2D eigenvalue weighted by Gasteiger charge is -2.06. The summed E-state index contributed by atoms with van der Waals surface area (Å²) in [4.78, 5) is 16.3. The summed E-state index contributed by atoms with van der Waals surface area (Å²) in [6.07, 6.45) is -1.86. The van der Waals surface area contributed by atoms with Crippen molar-refractivity contribution in [2.24, 2.45) is 0 Å². The second-order valence-corrected chi connectivity index (χ2v) is 6.60. The number of aromatic nitrogens is 1. The first-order chi connectivity index (χ1) is 11.8. The fraction of sp³-hybridized carbons (Fsp3) is 0.111. The Balaban J connectivity index is 1.72. The van der Waals surface area contributed by atoms with Gasteiger partial charge < -0.3 is 5.32 Å². The molecule has 1 heterocycles. The zero-order chi connectivity index (χ0) is 18.0. The van der Waals surface area contributed by atoms with Gasteiger partial charge in [0, 0.05) is 11.8 Å². The molecule has 0 radical (unpaired) electrons. The normalized spacial score (nSPS) is 12.0. The average molecular weight is 362 g/mol. The van der Waals surface area contributed by atoms with Crippen LogP contribution >= 0.6 is 11.3 Å². The number of hydrogen-bond acceptors (Lipinski definition) is 3. The number of amides is 1. The van der Waals surface area contributed by atoms with E-state index in [1.165, 1.54) is 35.6 Å². The predicted octanol–water partition coefficient (Wildman–Crippen LogP) is 5.28. The number of nitrogens with zero attached hydrogens (tertiary/aromatic N) is 1. The number of aryl methyl sites for hydroxylation is 1. The van der Waals surface area contributed by atoms with Crippen LogP contribution in [-0.4, -0.2) is 10.9 Å². The van der Waals surface area contributed by atoms with Crippen molar-refractivity contribution in [1.29, 1.82) is 0 Å². The number of thiazole rings is 1. The molecule has 3 nitrogen and oxygen atoms in total. The molecule has 3 aromatic rings. The number of rotatable bonds is 3. The molecule has 25 heavy (non-hydrogen) atoms. The van der Waals surface area contributed by atoms with Crippen molar-refractivity contribution in [2.75, 3.05) is 5.32 Å². The van der Waals surface area contributed by atoms with Gasteiger partial charge in [0.05, 0.1) is 20.8 Å². The number of anilines is 1. The largest absolute Gasteiger partial charge is 0.416 e. The molecule has 0 spiro atoms. The molecule has 1 N–H and O–H groups in total. The number of hydrogen-bond donors (Lipinski definition) is 1. The predicted molar refractivity (Wildman–Crippen MR) is 93.5 cm³/mol. The third kappa shape index (κ3) is 4.24. The molecule has 0 saturated carbocycles. The van der Waals surface area contributed by atoms with Crippen LogP contribution in [0.1, 0.15) is 16.1 Å².